The average Bonchev–Trinajstić information content (AvgIpc) is 2.77. The highest BCUT2D eigenvalue weighted by Crippen LogP contribution is 2.26. The van der Waals surface area contributed by atoms with Gasteiger partial charge in [0.05, 0.1) is 19.8 Å². The number of hydrogen-bond donors (Lipinski definition) is 1. The second-order valence-electron chi connectivity index (χ2n) is 8.57. The molecule has 1 aromatic carbocycles. The minimum Gasteiger partial charge on any atom is -0.493 e. The fraction of sp³-hybridized carbons (Fsp3) is 0.778. The van der Waals surface area contributed by atoms with E-state index in [4.69, 9.17) is 9.47 Å². The molecule has 1 rings (SSSR count). The first-order valence-electron chi connectivity index (χ1n) is 12.8. The zero-order valence-electron chi connectivity index (χ0n) is 19.9. The topological polar surface area (TPSA) is 38.7 Å². The predicted molar refractivity (Wildman–Crippen MR) is 129 cm³/mol. The Morgan fingerprint density at radius 3 is 1.57 bits per heavy atom. The summed E-state index contributed by atoms with van der Waals surface area (Å²) in [6, 6.07) is 5.81. The van der Waals surface area contributed by atoms with Crippen molar-refractivity contribution in [1.82, 2.24) is 0 Å². The first kappa shape index (κ1) is 26.8. The molecule has 0 aliphatic rings. The maximum Gasteiger partial charge on any atom is 0.128 e. The molecule has 0 fully saturated rings. The Morgan fingerprint density at radius 2 is 1.07 bits per heavy atom. The molecule has 0 saturated carbocycles. The van der Waals surface area contributed by atoms with Crippen LogP contribution in [0.5, 0.6) is 11.5 Å². The summed E-state index contributed by atoms with van der Waals surface area (Å²) in [5.74, 6) is 1.62. The zero-order valence-corrected chi connectivity index (χ0v) is 19.9. The van der Waals surface area contributed by atoms with Gasteiger partial charge in [-0.25, -0.2) is 0 Å². The summed E-state index contributed by atoms with van der Waals surface area (Å²) >= 11 is 0. The van der Waals surface area contributed by atoms with E-state index < -0.39 is 0 Å². The molecule has 1 aromatic rings. The Balaban J connectivity index is 2.17. The normalized spacial score (nSPS) is 11.0. The second kappa shape index (κ2) is 19.7. The Hall–Kier alpha value is -1.22. The van der Waals surface area contributed by atoms with Crippen LogP contribution in [0.25, 0.3) is 0 Å². The molecular formula is C27H48O3. The molecule has 3 nitrogen and oxygen atoms in total. The van der Waals surface area contributed by atoms with E-state index in [0.29, 0.717) is 6.61 Å². The first-order valence-corrected chi connectivity index (χ1v) is 12.8. The molecule has 0 bridgehead atoms. The fourth-order valence-corrected chi connectivity index (χ4v) is 3.73. The van der Waals surface area contributed by atoms with Crippen LogP contribution in [-0.2, 0) is 6.61 Å². The lowest BCUT2D eigenvalue weighted by molar-refractivity contribution is 0.257. The Morgan fingerprint density at radius 1 is 0.600 bits per heavy atom. The highest BCUT2D eigenvalue weighted by Gasteiger charge is 2.06. The third-order valence-electron chi connectivity index (χ3n) is 5.73. The monoisotopic (exact) mass is 420 g/mol. The van der Waals surface area contributed by atoms with Crippen molar-refractivity contribution in [2.75, 3.05) is 13.2 Å². The number of aliphatic hydroxyl groups excluding tert-OH is 1. The summed E-state index contributed by atoms with van der Waals surface area (Å²) in [7, 11) is 0. The van der Waals surface area contributed by atoms with Crippen molar-refractivity contribution < 1.29 is 14.6 Å². The summed E-state index contributed by atoms with van der Waals surface area (Å²) in [5, 5.41) is 9.58. The van der Waals surface area contributed by atoms with E-state index >= 15 is 0 Å². The minimum absolute atomic E-state index is 0.00503. The van der Waals surface area contributed by atoms with Gasteiger partial charge in [-0.3, -0.25) is 0 Å². The number of aliphatic hydroxyl groups is 1. The molecule has 1 N–H and O–H groups in total. The second-order valence-corrected chi connectivity index (χ2v) is 8.57. The molecule has 0 saturated heterocycles. The Labute approximate surface area is 186 Å². The lowest BCUT2D eigenvalue weighted by Gasteiger charge is -2.13. The van der Waals surface area contributed by atoms with Gasteiger partial charge in [0.1, 0.15) is 11.5 Å². The molecule has 0 heterocycles. The third kappa shape index (κ3) is 13.9. The van der Waals surface area contributed by atoms with E-state index in [1.807, 2.05) is 18.2 Å². The van der Waals surface area contributed by atoms with Gasteiger partial charge in [-0.1, -0.05) is 104 Å². The molecule has 0 aliphatic carbocycles. The summed E-state index contributed by atoms with van der Waals surface area (Å²) < 4.78 is 11.9. The van der Waals surface area contributed by atoms with Crippen LogP contribution in [0.1, 0.15) is 122 Å². The fourth-order valence-electron chi connectivity index (χ4n) is 3.73. The van der Waals surface area contributed by atoms with Crippen molar-refractivity contribution in [3.05, 3.63) is 23.8 Å². The summed E-state index contributed by atoms with van der Waals surface area (Å²) in [4.78, 5) is 0. The number of ether oxygens (including phenoxy) is 2. The van der Waals surface area contributed by atoms with Gasteiger partial charge in [-0.2, -0.15) is 0 Å². The van der Waals surface area contributed by atoms with Gasteiger partial charge in [0.25, 0.3) is 0 Å². The van der Waals surface area contributed by atoms with E-state index in [2.05, 4.69) is 13.8 Å². The number of rotatable bonds is 21. The average molecular weight is 421 g/mol. The van der Waals surface area contributed by atoms with Crippen molar-refractivity contribution in [2.45, 2.75) is 123 Å². The van der Waals surface area contributed by atoms with Crippen LogP contribution in [0.4, 0.5) is 0 Å². The van der Waals surface area contributed by atoms with Crippen LogP contribution in [-0.4, -0.2) is 18.3 Å². The predicted octanol–water partition coefficient (Wildman–Crippen LogP) is 8.22. The molecule has 0 atom stereocenters. The molecular weight excluding hydrogens is 372 g/mol. The van der Waals surface area contributed by atoms with Crippen molar-refractivity contribution in [3.8, 4) is 11.5 Å². The van der Waals surface area contributed by atoms with Crippen LogP contribution in [0.2, 0.25) is 0 Å². The first-order chi connectivity index (χ1) is 14.8. The van der Waals surface area contributed by atoms with Gasteiger partial charge in [-0.05, 0) is 25.0 Å². The van der Waals surface area contributed by atoms with Crippen LogP contribution in [0, 0.1) is 0 Å². The molecule has 0 spiro atoms. The van der Waals surface area contributed by atoms with Crippen molar-refractivity contribution in [2.24, 2.45) is 0 Å². The van der Waals surface area contributed by atoms with E-state index in [1.165, 1.54) is 89.9 Å². The largest absolute Gasteiger partial charge is 0.493 e. The van der Waals surface area contributed by atoms with Gasteiger partial charge in [0.2, 0.25) is 0 Å². The van der Waals surface area contributed by atoms with E-state index in [0.717, 1.165) is 36.5 Å². The molecule has 0 aliphatic heterocycles. The summed E-state index contributed by atoms with van der Waals surface area (Å²) in [5.41, 5.74) is 0.842. The Kier molecular flexibility index (Phi) is 17.6. The number of unbranched alkanes of at least 4 members (excludes halogenated alkanes) is 14. The van der Waals surface area contributed by atoms with Crippen LogP contribution in [0.15, 0.2) is 18.2 Å². The van der Waals surface area contributed by atoms with Gasteiger partial charge in [0, 0.05) is 11.6 Å². The van der Waals surface area contributed by atoms with Crippen molar-refractivity contribution in [3.63, 3.8) is 0 Å². The lowest BCUT2D eigenvalue weighted by atomic mass is 10.1. The molecule has 174 valence electrons. The van der Waals surface area contributed by atoms with Crippen molar-refractivity contribution >= 4 is 0 Å². The highest BCUT2D eigenvalue weighted by molar-refractivity contribution is 5.40. The maximum absolute atomic E-state index is 9.58. The number of hydrogen-bond acceptors (Lipinski definition) is 3. The molecule has 0 radical (unpaired) electrons. The molecule has 3 heteroatoms. The van der Waals surface area contributed by atoms with Gasteiger partial charge < -0.3 is 14.6 Å². The van der Waals surface area contributed by atoms with Gasteiger partial charge in [0.15, 0.2) is 0 Å². The van der Waals surface area contributed by atoms with E-state index in [1.54, 1.807) is 0 Å². The minimum atomic E-state index is 0.00503. The van der Waals surface area contributed by atoms with Gasteiger partial charge >= 0.3 is 0 Å². The van der Waals surface area contributed by atoms with Gasteiger partial charge in [-0.15, -0.1) is 0 Å². The van der Waals surface area contributed by atoms with E-state index in [-0.39, 0.29) is 6.61 Å². The molecule has 30 heavy (non-hydrogen) atoms. The molecule has 0 aromatic heterocycles. The highest BCUT2D eigenvalue weighted by atomic mass is 16.5. The maximum atomic E-state index is 9.58. The molecule has 0 unspecified atom stereocenters. The van der Waals surface area contributed by atoms with Crippen molar-refractivity contribution in [1.29, 1.82) is 0 Å². The van der Waals surface area contributed by atoms with E-state index in [9.17, 15) is 5.11 Å². The van der Waals surface area contributed by atoms with Crippen LogP contribution >= 0.6 is 0 Å². The summed E-state index contributed by atoms with van der Waals surface area (Å²) in [6.45, 7) is 5.99. The zero-order chi connectivity index (χ0) is 21.7. The number of benzene rings is 1. The van der Waals surface area contributed by atoms with Crippen LogP contribution in [0.3, 0.4) is 0 Å². The standard InChI is InChI=1S/C27H48O3/c1-3-5-7-9-11-13-15-17-21-29-26-20-19-25(24-28)27(23-26)30-22-18-16-14-12-10-8-6-4-2/h19-20,23,28H,3-18,21-22,24H2,1-2H3. The molecule has 0 amide bonds. The smallest absolute Gasteiger partial charge is 0.128 e. The SMILES string of the molecule is CCCCCCCCCCOc1ccc(CO)c(OCCCCCCCCCC)c1. The summed E-state index contributed by atoms with van der Waals surface area (Å²) in [6.07, 6.45) is 20.8. The third-order valence-corrected chi connectivity index (χ3v) is 5.73. The quantitative estimate of drug-likeness (QED) is 0.204. The Bertz CT molecular complexity index is 501. The van der Waals surface area contributed by atoms with Crippen LogP contribution < -0.4 is 9.47 Å². The lowest BCUT2D eigenvalue weighted by Crippen LogP contribution is -2.02.